The lowest BCUT2D eigenvalue weighted by Gasteiger charge is -2.33. The molecule has 0 saturated heterocycles. The van der Waals surface area contributed by atoms with E-state index in [1.807, 2.05) is 30.3 Å². The van der Waals surface area contributed by atoms with Crippen LogP contribution in [-0.4, -0.2) is 94.6 Å². The van der Waals surface area contributed by atoms with E-state index in [0.717, 1.165) is 5.56 Å². The topological polar surface area (TPSA) is 107 Å². The van der Waals surface area contributed by atoms with Crippen LogP contribution in [0, 0.1) is 5.41 Å². The van der Waals surface area contributed by atoms with Crippen molar-refractivity contribution >= 4 is 0 Å². The van der Waals surface area contributed by atoms with Gasteiger partial charge < -0.3 is 39.0 Å². The SMILES string of the molecule is OCCCOCC(COCCCO)(COCCCO)COCCOCc1ccccc1. The standard InChI is InChI=1S/C23H40O8/c24-9-4-12-28-18-23(19-29-13-5-10-25,20-30-14-6-11-26)21-31-16-15-27-17-22-7-2-1-3-8-22/h1-3,7-8,24-26H,4-6,9-21H2. The van der Waals surface area contributed by atoms with E-state index in [1.54, 1.807) is 0 Å². The molecule has 31 heavy (non-hydrogen) atoms. The number of aliphatic hydroxyl groups is 3. The highest BCUT2D eigenvalue weighted by Crippen LogP contribution is 2.21. The second-order valence-electron chi connectivity index (χ2n) is 7.48. The van der Waals surface area contributed by atoms with Gasteiger partial charge >= 0.3 is 0 Å². The van der Waals surface area contributed by atoms with Gasteiger partial charge in [0.25, 0.3) is 0 Å². The second kappa shape index (κ2) is 19.6. The molecule has 0 atom stereocenters. The van der Waals surface area contributed by atoms with Gasteiger partial charge in [-0.1, -0.05) is 30.3 Å². The molecule has 0 amide bonds. The Kier molecular flexibility index (Phi) is 17.6. The number of benzene rings is 1. The third-order valence-electron chi connectivity index (χ3n) is 4.46. The molecule has 1 rings (SSSR count). The Hall–Kier alpha value is -1.10. The normalized spacial score (nSPS) is 11.8. The Labute approximate surface area is 186 Å². The Morgan fingerprint density at radius 2 is 0.968 bits per heavy atom. The average Bonchev–Trinajstić information content (AvgIpc) is 2.80. The van der Waals surface area contributed by atoms with Crippen molar-refractivity contribution < 1.29 is 39.0 Å². The fourth-order valence-corrected chi connectivity index (χ4v) is 2.79. The minimum absolute atomic E-state index is 0.0717. The van der Waals surface area contributed by atoms with Crippen molar-refractivity contribution in [2.45, 2.75) is 25.9 Å². The number of rotatable bonds is 22. The minimum atomic E-state index is -0.528. The van der Waals surface area contributed by atoms with Crippen LogP contribution in [0.25, 0.3) is 0 Å². The van der Waals surface area contributed by atoms with Crippen molar-refractivity contribution in [3.8, 4) is 0 Å². The van der Waals surface area contributed by atoms with Crippen molar-refractivity contribution in [1.29, 1.82) is 0 Å². The number of hydrogen-bond donors (Lipinski definition) is 3. The van der Waals surface area contributed by atoms with Gasteiger partial charge in [0.05, 0.1) is 51.7 Å². The third-order valence-corrected chi connectivity index (χ3v) is 4.46. The van der Waals surface area contributed by atoms with E-state index in [4.69, 9.17) is 39.0 Å². The first-order chi connectivity index (χ1) is 15.3. The average molecular weight is 445 g/mol. The van der Waals surface area contributed by atoms with Crippen LogP contribution >= 0.6 is 0 Å². The quantitative estimate of drug-likeness (QED) is 0.231. The summed E-state index contributed by atoms with van der Waals surface area (Å²) < 4.78 is 28.8. The number of hydrogen-bond acceptors (Lipinski definition) is 8. The van der Waals surface area contributed by atoms with Crippen molar-refractivity contribution in [2.24, 2.45) is 5.41 Å². The van der Waals surface area contributed by atoms with Gasteiger partial charge in [-0.2, -0.15) is 0 Å². The first-order valence-electron chi connectivity index (χ1n) is 11.0. The van der Waals surface area contributed by atoms with Gasteiger partial charge in [-0.3, -0.25) is 0 Å². The maximum atomic E-state index is 8.99. The van der Waals surface area contributed by atoms with E-state index >= 15 is 0 Å². The molecule has 180 valence electrons. The van der Waals surface area contributed by atoms with Crippen LogP contribution in [0.1, 0.15) is 24.8 Å². The lowest BCUT2D eigenvalue weighted by atomic mass is 9.92. The molecule has 0 spiro atoms. The first-order valence-corrected chi connectivity index (χ1v) is 11.0. The molecule has 0 heterocycles. The summed E-state index contributed by atoms with van der Waals surface area (Å²) in [6.45, 7) is 4.39. The Balaban J connectivity index is 2.51. The van der Waals surface area contributed by atoms with Gasteiger partial charge in [0.15, 0.2) is 0 Å². The van der Waals surface area contributed by atoms with E-state index in [9.17, 15) is 0 Å². The maximum Gasteiger partial charge on any atom is 0.0718 e. The van der Waals surface area contributed by atoms with E-state index in [1.165, 1.54) is 0 Å². The van der Waals surface area contributed by atoms with Crippen LogP contribution in [0.4, 0.5) is 0 Å². The van der Waals surface area contributed by atoms with E-state index in [-0.39, 0.29) is 19.8 Å². The summed E-state index contributed by atoms with van der Waals surface area (Å²) in [5.41, 5.74) is 0.587. The summed E-state index contributed by atoms with van der Waals surface area (Å²) in [4.78, 5) is 0. The van der Waals surface area contributed by atoms with Crippen LogP contribution in [0.3, 0.4) is 0 Å². The smallest absolute Gasteiger partial charge is 0.0718 e. The zero-order valence-electron chi connectivity index (χ0n) is 18.6. The number of aliphatic hydroxyl groups excluding tert-OH is 3. The van der Waals surface area contributed by atoms with Crippen LogP contribution in [0.15, 0.2) is 30.3 Å². The minimum Gasteiger partial charge on any atom is -0.396 e. The van der Waals surface area contributed by atoms with Crippen molar-refractivity contribution in [3.63, 3.8) is 0 Å². The molecule has 0 aliphatic rings. The molecule has 0 fully saturated rings. The van der Waals surface area contributed by atoms with Crippen LogP contribution < -0.4 is 0 Å². The lowest BCUT2D eigenvalue weighted by Crippen LogP contribution is -2.42. The van der Waals surface area contributed by atoms with E-state index in [2.05, 4.69) is 0 Å². The fourth-order valence-electron chi connectivity index (χ4n) is 2.79. The first kappa shape index (κ1) is 27.9. The van der Waals surface area contributed by atoms with Gasteiger partial charge in [-0.25, -0.2) is 0 Å². The maximum absolute atomic E-state index is 8.99. The molecule has 0 aromatic heterocycles. The largest absolute Gasteiger partial charge is 0.396 e. The monoisotopic (exact) mass is 444 g/mol. The molecule has 0 aliphatic heterocycles. The summed E-state index contributed by atoms with van der Waals surface area (Å²) in [5, 5.41) is 27.0. The predicted octanol–water partition coefficient (Wildman–Crippen LogP) is 1.40. The summed E-state index contributed by atoms with van der Waals surface area (Å²) >= 11 is 0. The van der Waals surface area contributed by atoms with Crippen molar-refractivity contribution in [3.05, 3.63) is 35.9 Å². The van der Waals surface area contributed by atoms with Crippen LogP contribution in [0.5, 0.6) is 0 Å². The summed E-state index contributed by atoms with van der Waals surface area (Å²) in [6, 6.07) is 9.97. The molecular weight excluding hydrogens is 404 g/mol. The zero-order valence-corrected chi connectivity index (χ0v) is 18.6. The molecule has 1 aromatic carbocycles. The molecule has 8 heteroatoms. The van der Waals surface area contributed by atoms with Crippen molar-refractivity contribution in [2.75, 3.05) is 79.3 Å². The summed E-state index contributed by atoms with van der Waals surface area (Å²) in [6.07, 6.45) is 1.67. The summed E-state index contributed by atoms with van der Waals surface area (Å²) in [5.74, 6) is 0. The Bertz CT molecular complexity index is 468. The molecule has 0 unspecified atom stereocenters. The van der Waals surface area contributed by atoms with Crippen molar-refractivity contribution in [1.82, 2.24) is 0 Å². The molecule has 1 aromatic rings. The molecule has 3 N–H and O–H groups in total. The fraction of sp³-hybridized carbons (Fsp3) is 0.739. The third kappa shape index (κ3) is 14.6. The van der Waals surface area contributed by atoms with Crippen LogP contribution in [0.2, 0.25) is 0 Å². The molecule has 8 nitrogen and oxygen atoms in total. The van der Waals surface area contributed by atoms with Crippen LogP contribution in [-0.2, 0) is 30.3 Å². The Morgan fingerprint density at radius 1 is 0.548 bits per heavy atom. The molecule has 0 radical (unpaired) electrons. The highest BCUT2D eigenvalue weighted by atomic mass is 16.5. The van der Waals surface area contributed by atoms with Gasteiger partial charge in [0, 0.05) is 39.6 Å². The summed E-state index contributed by atoms with van der Waals surface area (Å²) in [7, 11) is 0. The van der Waals surface area contributed by atoms with Gasteiger partial charge in [0.2, 0.25) is 0 Å². The predicted molar refractivity (Wildman–Crippen MR) is 117 cm³/mol. The molecular formula is C23H40O8. The van der Waals surface area contributed by atoms with Gasteiger partial charge in [-0.15, -0.1) is 0 Å². The molecule has 0 saturated carbocycles. The van der Waals surface area contributed by atoms with Gasteiger partial charge in [0.1, 0.15) is 0 Å². The number of ether oxygens (including phenoxy) is 5. The highest BCUT2D eigenvalue weighted by molar-refractivity contribution is 5.13. The lowest BCUT2D eigenvalue weighted by molar-refractivity contribution is -0.113. The molecule has 0 bridgehead atoms. The van der Waals surface area contributed by atoms with E-state index in [0.29, 0.717) is 85.3 Å². The van der Waals surface area contributed by atoms with E-state index < -0.39 is 5.41 Å². The second-order valence-corrected chi connectivity index (χ2v) is 7.48. The molecule has 0 aliphatic carbocycles. The Morgan fingerprint density at radius 3 is 1.42 bits per heavy atom. The highest BCUT2D eigenvalue weighted by Gasteiger charge is 2.32. The zero-order chi connectivity index (χ0) is 22.5. The van der Waals surface area contributed by atoms with Gasteiger partial charge in [-0.05, 0) is 24.8 Å².